The van der Waals surface area contributed by atoms with E-state index in [0.717, 1.165) is 25.9 Å². The van der Waals surface area contributed by atoms with Gasteiger partial charge in [-0.25, -0.2) is 8.42 Å². The summed E-state index contributed by atoms with van der Waals surface area (Å²) in [6, 6.07) is 0. The lowest BCUT2D eigenvalue weighted by Crippen LogP contribution is -2.38. The predicted octanol–water partition coefficient (Wildman–Crippen LogP) is 0.139. The Morgan fingerprint density at radius 3 is 2.38 bits per heavy atom. The molecule has 5 nitrogen and oxygen atoms in total. The molecule has 0 aliphatic carbocycles. The monoisotopic (exact) mass is 247 g/mol. The fraction of sp³-hybridized carbons (Fsp3) is 0.900. The molecular weight excluding hydrogens is 226 g/mol. The summed E-state index contributed by atoms with van der Waals surface area (Å²) in [5.41, 5.74) is 0. The van der Waals surface area contributed by atoms with Gasteiger partial charge in [0, 0.05) is 13.1 Å². The molecule has 0 aromatic carbocycles. The topological polar surface area (TPSA) is 70.6 Å². The first-order valence-corrected chi connectivity index (χ1v) is 7.55. The van der Waals surface area contributed by atoms with Gasteiger partial charge in [0.2, 0.25) is 0 Å². The van der Waals surface area contributed by atoms with Gasteiger partial charge in [0.1, 0.15) is 0 Å². The van der Waals surface area contributed by atoms with Crippen LogP contribution < -0.4 is 10.6 Å². The second-order valence-corrected chi connectivity index (χ2v) is 6.28. The lowest BCUT2D eigenvalue weighted by atomic mass is 10.2. The number of hydrogen-bond acceptors (Lipinski definition) is 3. The summed E-state index contributed by atoms with van der Waals surface area (Å²) in [4.78, 5) is 4.30. The van der Waals surface area contributed by atoms with Gasteiger partial charge in [-0.2, -0.15) is 0 Å². The highest BCUT2D eigenvalue weighted by Gasteiger charge is 2.30. The minimum absolute atomic E-state index is 0.278. The van der Waals surface area contributed by atoms with Gasteiger partial charge in [-0.3, -0.25) is 4.99 Å². The van der Waals surface area contributed by atoms with Crippen molar-refractivity contribution in [3.8, 4) is 0 Å². The number of hydrogen-bond donors (Lipinski definition) is 2. The van der Waals surface area contributed by atoms with Crippen molar-refractivity contribution < 1.29 is 8.42 Å². The molecule has 2 N–H and O–H groups in total. The molecule has 0 unspecified atom stereocenters. The van der Waals surface area contributed by atoms with Crippen LogP contribution in [-0.4, -0.2) is 45.0 Å². The van der Waals surface area contributed by atoms with Gasteiger partial charge < -0.3 is 10.6 Å². The van der Waals surface area contributed by atoms with Gasteiger partial charge >= 0.3 is 0 Å². The van der Waals surface area contributed by atoms with Crippen LogP contribution in [0.4, 0.5) is 0 Å². The lowest BCUT2D eigenvalue weighted by Gasteiger charge is -2.11. The summed E-state index contributed by atoms with van der Waals surface area (Å²) in [5, 5.41) is 5.88. The molecule has 0 aromatic heterocycles. The average Bonchev–Trinajstić information content (AvgIpc) is 2.55. The number of nitrogens with one attached hydrogen (secondary N) is 2. The average molecular weight is 247 g/mol. The summed E-state index contributed by atoms with van der Waals surface area (Å²) in [6.07, 6.45) is 1.53. The fourth-order valence-electron chi connectivity index (χ4n) is 1.77. The van der Waals surface area contributed by atoms with Crippen molar-refractivity contribution in [2.75, 3.05) is 25.4 Å². The molecule has 1 rings (SSSR count). The highest BCUT2D eigenvalue weighted by Crippen LogP contribution is 2.19. The molecule has 1 fully saturated rings. The molecule has 0 aromatic rings. The van der Waals surface area contributed by atoms with Crippen LogP contribution in [0.5, 0.6) is 0 Å². The van der Waals surface area contributed by atoms with E-state index in [1.165, 1.54) is 0 Å². The molecule has 1 aliphatic heterocycles. The van der Waals surface area contributed by atoms with Gasteiger partial charge in [0.05, 0.1) is 17.5 Å². The molecule has 1 heterocycles. The molecule has 1 saturated heterocycles. The van der Waals surface area contributed by atoms with Crippen molar-refractivity contribution >= 4 is 15.8 Å². The number of nitrogens with zero attached hydrogens (tertiary/aromatic N) is 1. The van der Waals surface area contributed by atoms with Crippen LogP contribution in [-0.2, 0) is 9.84 Å². The van der Waals surface area contributed by atoms with E-state index in [1.54, 1.807) is 0 Å². The van der Waals surface area contributed by atoms with Gasteiger partial charge in [-0.1, -0.05) is 0 Å². The molecule has 94 valence electrons. The van der Waals surface area contributed by atoms with E-state index < -0.39 is 9.84 Å². The maximum atomic E-state index is 11.6. The number of aliphatic imine (C=N–C) groups is 1. The van der Waals surface area contributed by atoms with Crippen molar-refractivity contribution in [3.05, 3.63) is 0 Å². The third-order valence-corrected chi connectivity index (χ3v) is 4.86. The Hall–Kier alpha value is -0.780. The molecule has 1 aliphatic rings. The van der Waals surface area contributed by atoms with E-state index in [2.05, 4.69) is 15.6 Å². The van der Waals surface area contributed by atoms with E-state index in [0.29, 0.717) is 18.3 Å². The van der Waals surface area contributed by atoms with Crippen LogP contribution in [0.15, 0.2) is 4.99 Å². The molecule has 16 heavy (non-hydrogen) atoms. The van der Waals surface area contributed by atoms with E-state index >= 15 is 0 Å². The minimum Gasteiger partial charge on any atom is -0.357 e. The zero-order valence-electron chi connectivity index (χ0n) is 9.99. The van der Waals surface area contributed by atoms with Gasteiger partial charge in [-0.05, 0) is 26.7 Å². The molecule has 1 atom stereocenters. The lowest BCUT2D eigenvalue weighted by molar-refractivity contribution is 0.589. The summed E-state index contributed by atoms with van der Waals surface area (Å²) in [5.74, 6) is 1.03. The Balaban J connectivity index is 2.55. The maximum Gasteiger partial charge on any atom is 0.191 e. The van der Waals surface area contributed by atoms with Crippen molar-refractivity contribution in [2.24, 2.45) is 4.99 Å². The Kier molecular flexibility index (Phi) is 5.05. The van der Waals surface area contributed by atoms with E-state index in [1.807, 2.05) is 13.8 Å². The zero-order chi connectivity index (χ0) is 12.0. The Morgan fingerprint density at radius 2 is 1.94 bits per heavy atom. The molecular formula is C10H21N3O2S. The SMILES string of the molecule is CCNC(=NC[C@@H]1CCCS1(=O)=O)NCC. The first kappa shape index (κ1) is 13.3. The quantitative estimate of drug-likeness (QED) is 0.547. The molecule has 0 bridgehead atoms. The highest BCUT2D eigenvalue weighted by atomic mass is 32.2. The minimum atomic E-state index is -2.88. The van der Waals surface area contributed by atoms with Crippen molar-refractivity contribution in [1.82, 2.24) is 10.6 Å². The van der Waals surface area contributed by atoms with Crippen LogP contribution in [0.3, 0.4) is 0 Å². The third kappa shape index (κ3) is 3.66. The largest absolute Gasteiger partial charge is 0.357 e. The Labute approximate surface area is 97.6 Å². The van der Waals surface area contributed by atoms with Crippen molar-refractivity contribution in [2.45, 2.75) is 31.9 Å². The first-order chi connectivity index (χ1) is 7.60. The summed E-state index contributed by atoms with van der Waals surface area (Å²) in [6.45, 7) is 5.91. The van der Waals surface area contributed by atoms with E-state index in [-0.39, 0.29) is 5.25 Å². The molecule has 6 heteroatoms. The fourth-order valence-corrected chi connectivity index (χ4v) is 3.50. The number of sulfone groups is 1. The third-order valence-electron chi connectivity index (χ3n) is 2.60. The standard InChI is InChI=1S/C10H21N3O2S/c1-3-11-10(12-4-2)13-8-9-6-5-7-16(9,14)15/h9H,3-8H2,1-2H3,(H2,11,12,13)/t9-/m0/s1. The Bertz CT molecular complexity index is 330. The van der Waals surface area contributed by atoms with Gasteiger partial charge in [0.15, 0.2) is 15.8 Å². The first-order valence-electron chi connectivity index (χ1n) is 5.84. The number of guanidine groups is 1. The van der Waals surface area contributed by atoms with Crippen LogP contribution in [0, 0.1) is 0 Å². The molecule has 0 spiro atoms. The second kappa shape index (κ2) is 6.08. The molecule has 0 radical (unpaired) electrons. The highest BCUT2D eigenvalue weighted by molar-refractivity contribution is 7.92. The van der Waals surface area contributed by atoms with Crippen LogP contribution in [0.1, 0.15) is 26.7 Å². The zero-order valence-corrected chi connectivity index (χ0v) is 10.8. The van der Waals surface area contributed by atoms with Crippen LogP contribution in [0.2, 0.25) is 0 Å². The predicted molar refractivity (Wildman–Crippen MR) is 66.5 cm³/mol. The molecule has 0 amide bonds. The van der Waals surface area contributed by atoms with Crippen molar-refractivity contribution in [1.29, 1.82) is 0 Å². The van der Waals surface area contributed by atoms with Crippen molar-refractivity contribution in [3.63, 3.8) is 0 Å². The Morgan fingerprint density at radius 1 is 1.31 bits per heavy atom. The summed E-state index contributed by atoms with van der Waals surface area (Å²) in [7, 11) is -2.88. The summed E-state index contributed by atoms with van der Waals surface area (Å²) < 4.78 is 23.2. The van der Waals surface area contributed by atoms with Crippen LogP contribution >= 0.6 is 0 Å². The van der Waals surface area contributed by atoms with E-state index in [4.69, 9.17) is 0 Å². The molecule has 0 saturated carbocycles. The van der Waals surface area contributed by atoms with Gasteiger partial charge in [0.25, 0.3) is 0 Å². The maximum absolute atomic E-state index is 11.6. The second-order valence-electron chi connectivity index (χ2n) is 3.88. The smallest absolute Gasteiger partial charge is 0.191 e. The normalized spacial score (nSPS) is 22.8. The number of rotatable bonds is 4. The van der Waals surface area contributed by atoms with Gasteiger partial charge in [-0.15, -0.1) is 0 Å². The van der Waals surface area contributed by atoms with E-state index in [9.17, 15) is 8.42 Å². The van der Waals surface area contributed by atoms with Crippen LogP contribution in [0.25, 0.3) is 0 Å². The summed E-state index contributed by atoms with van der Waals surface area (Å²) >= 11 is 0.